The van der Waals surface area contributed by atoms with Gasteiger partial charge in [0, 0.05) is 11.0 Å². The second kappa shape index (κ2) is 5.72. The molecule has 21 heavy (non-hydrogen) atoms. The zero-order valence-corrected chi connectivity index (χ0v) is 12.1. The first-order valence-electron chi connectivity index (χ1n) is 6.28. The van der Waals surface area contributed by atoms with Gasteiger partial charge in [0.25, 0.3) is 11.6 Å². The van der Waals surface area contributed by atoms with E-state index in [4.69, 9.17) is 0 Å². The number of benzene rings is 1. The lowest BCUT2D eigenvalue weighted by molar-refractivity contribution is -0.385. The van der Waals surface area contributed by atoms with Gasteiger partial charge in [-0.2, -0.15) is 0 Å². The van der Waals surface area contributed by atoms with Gasteiger partial charge in [0.2, 0.25) is 0 Å². The van der Waals surface area contributed by atoms with Crippen LogP contribution in [0.2, 0.25) is 0 Å². The molecule has 1 aliphatic carbocycles. The van der Waals surface area contributed by atoms with E-state index in [0.29, 0.717) is 24.2 Å². The molecule has 1 amide bonds. The van der Waals surface area contributed by atoms with E-state index in [1.807, 2.05) is 0 Å². The predicted octanol–water partition coefficient (Wildman–Crippen LogP) is 2.05. The lowest BCUT2D eigenvalue weighted by atomic mass is 9.76. The average molecular weight is 310 g/mol. The third-order valence-corrected chi connectivity index (χ3v) is 4.34. The van der Waals surface area contributed by atoms with Gasteiger partial charge in [0.1, 0.15) is 11.1 Å². The molecule has 112 valence electrons. The molecule has 8 heteroatoms. The molecule has 1 fully saturated rings. The topological polar surface area (TPSA) is 110 Å². The van der Waals surface area contributed by atoms with Crippen LogP contribution in [0, 0.1) is 10.1 Å². The highest BCUT2D eigenvalue weighted by Crippen LogP contribution is 2.33. The van der Waals surface area contributed by atoms with Crippen LogP contribution in [0.4, 0.5) is 5.69 Å². The van der Waals surface area contributed by atoms with Crippen LogP contribution in [-0.4, -0.2) is 33.7 Å². The maximum atomic E-state index is 12.3. The van der Waals surface area contributed by atoms with Crippen molar-refractivity contribution in [2.45, 2.75) is 29.7 Å². The molecule has 2 rings (SSSR count). The monoisotopic (exact) mass is 310 g/mol. The molecule has 0 radical (unpaired) electrons. The van der Waals surface area contributed by atoms with Gasteiger partial charge in [-0.15, -0.1) is 11.8 Å². The number of carbonyl (C=O) groups excluding carboxylic acids is 1. The number of carbonyl (C=O) groups is 2. The molecule has 1 aliphatic rings. The molecule has 1 aromatic rings. The lowest BCUT2D eigenvalue weighted by Crippen LogP contribution is -2.59. The highest BCUT2D eigenvalue weighted by atomic mass is 32.2. The zero-order valence-electron chi connectivity index (χ0n) is 11.3. The summed E-state index contributed by atoms with van der Waals surface area (Å²) in [6.45, 7) is 0. The summed E-state index contributed by atoms with van der Waals surface area (Å²) < 4.78 is 0. The fourth-order valence-corrected chi connectivity index (χ4v) is 2.63. The standard InChI is InChI=1S/C13H14N2O5S/c1-21-8-3-4-10(15(19)20)9(7-8)11(16)14-13(12(17)18)5-2-6-13/h3-4,7H,2,5-6H2,1H3,(H,14,16)(H,17,18). The summed E-state index contributed by atoms with van der Waals surface area (Å²) in [5.74, 6) is -1.83. The van der Waals surface area contributed by atoms with E-state index < -0.39 is 22.3 Å². The van der Waals surface area contributed by atoms with Crippen molar-refractivity contribution < 1.29 is 19.6 Å². The van der Waals surface area contributed by atoms with Crippen LogP contribution in [0.25, 0.3) is 0 Å². The van der Waals surface area contributed by atoms with Crippen LogP contribution in [0.1, 0.15) is 29.6 Å². The summed E-state index contributed by atoms with van der Waals surface area (Å²) in [6.07, 6.45) is 3.17. The van der Waals surface area contributed by atoms with Gasteiger partial charge < -0.3 is 10.4 Å². The third kappa shape index (κ3) is 2.85. The molecule has 0 aliphatic heterocycles. The summed E-state index contributed by atoms with van der Waals surface area (Å²) in [7, 11) is 0. The zero-order chi connectivity index (χ0) is 15.6. The summed E-state index contributed by atoms with van der Waals surface area (Å²) in [5.41, 5.74) is -1.73. The fraction of sp³-hybridized carbons (Fsp3) is 0.385. The molecular formula is C13H14N2O5S. The van der Waals surface area contributed by atoms with E-state index in [9.17, 15) is 24.8 Å². The smallest absolute Gasteiger partial charge is 0.329 e. The first-order valence-corrected chi connectivity index (χ1v) is 7.50. The van der Waals surface area contributed by atoms with Gasteiger partial charge in [0.15, 0.2) is 0 Å². The number of carboxylic acid groups (broad SMARTS) is 1. The molecule has 0 aromatic heterocycles. The van der Waals surface area contributed by atoms with Gasteiger partial charge in [-0.3, -0.25) is 14.9 Å². The number of nitrogens with zero attached hydrogens (tertiary/aromatic N) is 1. The van der Waals surface area contributed by atoms with Crippen LogP contribution in [0.5, 0.6) is 0 Å². The Morgan fingerprint density at radius 2 is 2.10 bits per heavy atom. The second-order valence-electron chi connectivity index (χ2n) is 4.84. The molecule has 0 unspecified atom stereocenters. The first kappa shape index (κ1) is 15.3. The van der Waals surface area contributed by atoms with Gasteiger partial charge in [-0.25, -0.2) is 4.79 Å². The Hall–Kier alpha value is -2.09. The number of nitro benzene ring substituents is 1. The number of carboxylic acids is 1. The van der Waals surface area contributed by atoms with E-state index in [-0.39, 0.29) is 11.3 Å². The summed E-state index contributed by atoms with van der Waals surface area (Å²) in [6, 6.07) is 4.22. The molecular weight excluding hydrogens is 296 g/mol. The van der Waals surface area contributed by atoms with Gasteiger partial charge in [0.05, 0.1) is 4.92 Å². The molecule has 7 nitrogen and oxygen atoms in total. The average Bonchev–Trinajstić information content (AvgIpc) is 2.41. The van der Waals surface area contributed by atoms with Crippen molar-refractivity contribution in [1.82, 2.24) is 5.32 Å². The molecule has 1 aromatic carbocycles. The van der Waals surface area contributed by atoms with Crippen molar-refractivity contribution >= 4 is 29.3 Å². The lowest BCUT2D eigenvalue weighted by Gasteiger charge is -2.38. The van der Waals surface area contributed by atoms with Crippen LogP contribution in [-0.2, 0) is 4.79 Å². The SMILES string of the molecule is CSc1ccc([N+](=O)[O-])c(C(=O)NC2(C(=O)O)CCC2)c1. The number of nitro groups is 1. The van der Waals surface area contributed by atoms with Crippen molar-refractivity contribution in [3.63, 3.8) is 0 Å². The third-order valence-electron chi connectivity index (χ3n) is 3.61. The quantitative estimate of drug-likeness (QED) is 0.489. The van der Waals surface area contributed by atoms with E-state index in [1.54, 1.807) is 12.3 Å². The van der Waals surface area contributed by atoms with Gasteiger partial charge in [-0.05, 0) is 37.7 Å². The second-order valence-corrected chi connectivity index (χ2v) is 5.71. The Kier molecular flexibility index (Phi) is 4.17. The fourth-order valence-electron chi connectivity index (χ4n) is 2.19. The van der Waals surface area contributed by atoms with E-state index in [2.05, 4.69) is 5.32 Å². The first-order chi connectivity index (χ1) is 9.89. The van der Waals surface area contributed by atoms with Crippen LogP contribution >= 0.6 is 11.8 Å². The number of aliphatic carboxylic acids is 1. The molecule has 0 spiro atoms. The van der Waals surface area contributed by atoms with Crippen molar-refractivity contribution in [1.29, 1.82) is 0 Å². The highest BCUT2D eigenvalue weighted by Gasteiger charge is 2.46. The largest absolute Gasteiger partial charge is 0.480 e. The highest BCUT2D eigenvalue weighted by molar-refractivity contribution is 7.98. The molecule has 0 atom stereocenters. The normalized spacial score (nSPS) is 15.9. The number of hydrogen-bond acceptors (Lipinski definition) is 5. The van der Waals surface area contributed by atoms with E-state index in [0.717, 1.165) is 0 Å². The number of nitrogens with one attached hydrogen (secondary N) is 1. The molecule has 2 N–H and O–H groups in total. The van der Waals surface area contributed by atoms with E-state index in [1.165, 1.54) is 23.9 Å². The number of amides is 1. The predicted molar refractivity (Wildman–Crippen MR) is 76.6 cm³/mol. The van der Waals surface area contributed by atoms with Crippen molar-refractivity contribution in [3.8, 4) is 0 Å². The van der Waals surface area contributed by atoms with Crippen LogP contribution in [0.3, 0.4) is 0 Å². The Morgan fingerprint density at radius 3 is 2.52 bits per heavy atom. The van der Waals surface area contributed by atoms with Gasteiger partial charge in [-0.1, -0.05) is 0 Å². The molecule has 0 saturated heterocycles. The molecule has 0 heterocycles. The van der Waals surface area contributed by atoms with Crippen molar-refractivity contribution in [2.24, 2.45) is 0 Å². The van der Waals surface area contributed by atoms with Crippen molar-refractivity contribution in [3.05, 3.63) is 33.9 Å². The summed E-state index contributed by atoms with van der Waals surface area (Å²) in [5, 5.41) is 22.7. The number of thioether (sulfide) groups is 1. The Bertz CT molecular complexity index is 613. The minimum Gasteiger partial charge on any atom is -0.480 e. The minimum atomic E-state index is -1.29. The van der Waals surface area contributed by atoms with Crippen LogP contribution in [0.15, 0.2) is 23.1 Å². The van der Waals surface area contributed by atoms with Crippen LogP contribution < -0.4 is 5.32 Å². The van der Waals surface area contributed by atoms with Crippen molar-refractivity contribution in [2.75, 3.05) is 6.26 Å². The summed E-state index contributed by atoms with van der Waals surface area (Å²) in [4.78, 5) is 34.6. The maximum Gasteiger partial charge on any atom is 0.329 e. The number of hydrogen-bond donors (Lipinski definition) is 2. The summed E-state index contributed by atoms with van der Waals surface area (Å²) >= 11 is 1.35. The Morgan fingerprint density at radius 1 is 1.43 bits per heavy atom. The Labute approximate surface area is 124 Å². The minimum absolute atomic E-state index is 0.112. The van der Waals surface area contributed by atoms with E-state index >= 15 is 0 Å². The molecule has 0 bridgehead atoms. The van der Waals surface area contributed by atoms with Gasteiger partial charge >= 0.3 is 5.97 Å². The number of rotatable bonds is 5. The maximum absolute atomic E-state index is 12.3. The molecule has 1 saturated carbocycles. The Balaban J connectivity index is 2.33.